The molecule has 0 heterocycles. The highest BCUT2D eigenvalue weighted by Crippen LogP contribution is 2.26. The lowest BCUT2D eigenvalue weighted by Gasteiger charge is -2.33. The quantitative estimate of drug-likeness (QED) is 0.167. The molecule has 3 aromatic rings. The van der Waals surface area contributed by atoms with Crippen LogP contribution in [0.5, 0.6) is 5.75 Å². The fourth-order valence-electron chi connectivity index (χ4n) is 6.50. The number of primary amides is 1. The number of phenolic OH excluding ortho intramolecular Hbond substituents is 1. The summed E-state index contributed by atoms with van der Waals surface area (Å²) < 4.78 is 0. The minimum absolute atomic E-state index is 0.160. The molecule has 10 heteroatoms. The molecule has 0 radical (unpaired) electrons. The van der Waals surface area contributed by atoms with Crippen LogP contribution >= 0.6 is 0 Å². The summed E-state index contributed by atoms with van der Waals surface area (Å²) in [4.78, 5) is 53.5. The Kier molecular flexibility index (Phi) is 12.1. The minimum Gasteiger partial charge on any atom is -0.508 e. The Labute approximate surface area is 276 Å². The third kappa shape index (κ3) is 9.42. The van der Waals surface area contributed by atoms with Crippen LogP contribution in [0.1, 0.15) is 66.3 Å². The van der Waals surface area contributed by atoms with Crippen LogP contribution in [0.4, 0.5) is 0 Å². The maximum Gasteiger partial charge on any atom is 0.243 e. The Balaban J connectivity index is 1.48. The van der Waals surface area contributed by atoms with Gasteiger partial charge in [-0.3, -0.25) is 19.2 Å². The van der Waals surface area contributed by atoms with Gasteiger partial charge in [0.25, 0.3) is 0 Å². The molecule has 0 saturated heterocycles. The van der Waals surface area contributed by atoms with Crippen LogP contribution in [0, 0.1) is 19.8 Å². The van der Waals surface area contributed by atoms with Gasteiger partial charge in [-0.2, -0.15) is 0 Å². The first-order chi connectivity index (χ1) is 22.4. The number of aromatic hydroxyl groups is 1. The largest absolute Gasteiger partial charge is 0.508 e. The van der Waals surface area contributed by atoms with Gasteiger partial charge in [0.1, 0.15) is 17.8 Å². The monoisotopic (exact) mass is 641 g/mol. The van der Waals surface area contributed by atoms with Gasteiger partial charge >= 0.3 is 0 Å². The second-order valence-corrected chi connectivity index (χ2v) is 12.7. The van der Waals surface area contributed by atoms with E-state index in [1.54, 1.807) is 12.1 Å². The molecule has 1 saturated carbocycles. The summed E-state index contributed by atoms with van der Waals surface area (Å²) in [6.07, 6.45) is 3.26. The maximum atomic E-state index is 13.9. The van der Waals surface area contributed by atoms with Crippen molar-refractivity contribution in [3.63, 3.8) is 0 Å². The molecule has 4 amide bonds. The van der Waals surface area contributed by atoms with Crippen LogP contribution in [0.25, 0.3) is 0 Å². The lowest BCUT2D eigenvalue weighted by molar-refractivity contribution is -0.134. The highest BCUT2D eigenvalue weighted by atomic mass is 16.3. The molecule has 8 N–H and O–H groups in total. The van der Waals surface area contributed by atoms with Crippen LogP contribution in [0.15, 0.2) is 72.8 Å². The third-order valence-corrected chi connectivity index (χ3v) is 9.22. The van der Waals surface area contributed by atoms with Crippen LogP contribution in [0.2, 0.25) is 0 Å². The number of phenols is 1. The number of carbonyl (C=O) groups excluding carboxylic acids is 4. The molecule has 1 aliphatic rings. The van der Waals surface area contributed by atoms with Crippen molar-refractivity contribution in [3.8, 4) is 5.75 Å². The summed E-state index contributed by atoms with van der Waals surface area (Å²) in [5.41, 5.74) is 16.4. The molecule has 6 atom stereocenters. The molecular weight excluding hydrogens is 594 g/mol. The fourth-order valence-corrected chi connectivity index (χ4v) is 6.50. The van der Waals surface area contributed by atoms with E-state index in [1.165, 1.54) is 0 Å². The van der Waals surface area contributed by atoms with Crippen LogP contribution in [-0.4, -0.2) is 52.9 Å². The van der Waals surface area contributed by atoms with Gasteiger partial charge in [-0.25, -0.2) is 0 Å². The Morgan fingerprint density at radius 1 is 0.851 bits per heavy atom. The van der Waals surface area contributed by atoms with Crippen molar-refractivity contribution in [3.05, 3.63) is 101 Å². The lowest BCUT2D eigenvalue weighted by atomic mass is 9.83. The van der Waals surface area contributed by atoms with Crippen LogP contribution in [0.3, 0.4) is 0 Å². The predicted molar refractivity (Wildman–Crippen MR) is 181 cm³/mol. The summed E-state index contributed by atoms with van der Waals surface area (Å²) in [6, 6.07) is 18.6. The smallest absolute Gasteiger partial charge is 0.243 e. The van der Waals surface area contributed by atoms with Gasteiger partial charge in [-0.05, 0) is 73.1 Å². The molecular formula is C37H47N5O5. The van der Waals surface area contributed by atoms with E-state index < -0.39 is 47.8 Å². The van der Waals surface area contributed by atoms with E-state index >= 15 is 0 Å². The maximum absolute atomic E-state index is 13.9. The van der Waals surface area contributed by atoms with E-state index in [9.17, 15) is 24.3 Å². The lowest BCUT2D eigenvalue weighted by Crippen LogP contribution is -2.58. The summed E-state index contributed by atoms with van der Waals surface area (Å²) in [5, 5.41) is 18.6. The van der Waals surface area contributed by atoms with Crippen molar-refractivity contribution in [1.82, 2.24) is 16.0 Å². The van der Waals surface area contributed by atoms with E-state index in [2.05, 4.69) is 16.0 Å². The van der Waals surface area contributed by atoms with E-state index in [0.717, 1.165) is 40.7 Å². The van der Waals surface area contributed by atoms with Crippen molar-refractivity contribution < 1.29 is 24.3 Å². The number of aryl methyl sites for hydroxylation is 2. The van der Waals surface area contributed by atoms with Crippen molar-refractivity contribution in [2.75, 3.05) is 0 Å². The number of nitrogens with two attached hydrogens (primary N) is 2. The highest BCUT2D eigenvalue weighted by Gasteiger charge is 2.36. The van der Waals surface area contributed by atoms with Crippen LogP contribution in [-0.2, 0) is 32.0 Å². The summed E-state index contributed by atoms with van der Waals surface area (Å²) >= 11 is 0. The molecule has 0 unspecified atom stereocenters. The number of rotatable bonds is 13. The minimum atomic E-state index is -0.996. The Morgan fingerprint density at radius 2 is 1.45 bits per heavy atom. The summed E-state index contributed by atoms with van der Waals surface area (Å²) in [5.74, 6) is -2.72. The zero-order valence-corrected chi connectivity index (χ0v) is 27.4. The SMILES string of the molecule is Cc1cc(O)cc(C)c1C[C@H](N)C(=O)N[C@@H]1CCCC[C@@H]1C(=O)N[C@@H](Cc1ccccc1)C(=O)N[C@H](C(N)=O)[C@@H](C)c1ccccc1. The molecule has 1 fully saturated rings. The number of hydrogen-bond acceptors (Lipinski definition) is 6. The molecule has 10 nitrogen and oxygen atoms in total. The molecule has 4 rings (SSSR count). The van der Waals surface area contributed by atoms with E-state index in [-0.39, 0.29) is 30.4 Å². The number of benzene rings is 3. The summed E-state index contributed by atoms with van der Waals surface area (Å²) in [6.45, 7) is 5.55. The summed E-state index contributed by atoms with van der Waals surface area (Å²) in [7, 11) is 0. The molecule has 0 spiro atoms. The first-order valence-corrected chi connectivity index (χ1v) is 16.3. The number of carbonyl (C=O) groups is 4. The van der Waals surface area contributed by atoms with Gasteiger partial charge in [0.05, 0.1) is 12.0 Å². The van der Waals surface area contributed by atoms with Gasteiger partial charge in [0.2, 0.25) is 23.6 Å². The van der Waals surface area contributed by atoms with Gasteiger partial charge in [-0.1, -0.05) is 80.4 Å². The average Bonchev–Trinajstić information content (AvgIpc) is 3.05. The van der Waals surface area contributed by atoms with Crippen molar-refractivity contribution in [2.45, 2.75) is 89.4 Å². The van der Waals surface area contributed by atoms with Gasteiger partial charge in [0, 0.05) is 18.4 Å². The predicted octanol–water partition coefficient (Wildman–Crippen LogP) is 3.06. The van der Waals surface area contributed by atoms with E-state index in [4.69, 9.17) is 11.5 Å². The molecule has 250 valence electrons. The Morgan fingerprint density at radius 3 is 2.06 bits per heavy atom. The zero-order chi connectivity index (χ0) is 34.1. The molecule has 1 aliphatic carbocycles. The van der Waals surface area contributed by atoms with Crippen molar-refractivity contribution >= 4 is 23.6 Å². The molecule has 0 aliphatic heterocycles. The third-order valence-electron chi connectivity index (χ3n) is 9.22. The second-order valence-electron chi connectivity index (χ2n) is 12.7. The van der Waals surface area contributed by atoms with E-state index in [0.29, 0.717) is 12.8 Å². The number of hydrogen-bond donors (Lipinski definition) is 6. The molecule has 0 aromatic heterocycles. The molecule has 3 aromatic carbocycles. The van der Waals surface area contributed by atoms with Gasteiger partial charge in [0.15, 0.2) is 0 Å². The first-order valence-electron chi connectivity index (χ1n) is 16.3. The average molecular weight is 642 g/mol. The van der Waals surface area contributed by atoms with Gasteiger partial charge in [-0.15, -0.1) is 0 Å². The van der Waals surface area contributed by atoms with Gasteiger partial charge < -0.3 is 32.5 Å². The normalized spacial score (nSPS) is 18.6. The van der Waals surface area contributed by atoms with Crippen molar-refractivity contribution in [1.29, 1.82) is 0 Å². The zero-order valence-electron chi connectivity index (χ0n) is 27.4. The molecule has 0 bridgehead atoms. The Hall–Kier alpha value is -4.70. The topological polar surface area (TPSA) is 177 Å². The first kappa shape index (κ1) is 35.2. The number of nitrogens with one attached hydrogen (secondary N) is 3. The van der Waals surface area contributed by atoms with E-state index in [1.807, 2.05) is 81.4 Å². The molecule has 47 heavy (non-hydrogen) atoms. The fraction of sp³-hybridized carbons (Fsp3) is 0.405. The van der Waals surface area contributed by atoms with Crippen LogP contribution < -0.4 is 27.4 Å². The number of amides is 4. The Bertz CT molecular complexity index is 1520. The van der Waals surface area contributed by atoms with Crippen molar-refractivity contribution in [2.24, 2.45) is 17.4 Å². The standard InChI is InChI=1S/C37H47N5O5/c1-22-18-27(43)19-23(2)29(22)21-30(38)36(46)40-31-17-11-10-16-28(31)35(45)41-32(20-25-12-6-4-7-13-25)37(47)42-33(34(39)44)24(3)26-14-8-5-9-15-26/h4-9,12-15,18-19,24,28,30-33,43H,10-11,16-17,20-21,38H2,1-3H3,(H2,39,44)(H,40,46)(H,41,45)(H,42,47)/t24-,28-,30-,31+,32-,33-/m0/s1. The highest BCUT2D eigenvalue weighted by molar-refractivity contribution is 5.93. The second kappa shape index (κ2) is 16.2.